The molecule has 1 heterocycles. The molecule has 0 saturated heterocycles. The van der Waals surface area contributed by atoms with Gasteiger partial charge in [-0.05, 0) is 44.0 Å². The van der Waals surface area contributed by atoms with E-state index in [1.54, 1.807) is 20.0 Å². The van der Waals surface area contributed by atoms with Gasteiger partial charge in [0.15, 0.2) is 0 Å². The van der Waals surface area contributed by atoms with Crippen molar-refractivity contribution in [1.29, 1.82) is 0 Å². The van der Waals surface area contributed by atoms with Gasteiger partial charge < -0.3 is 14.8 Å². The third-order valence-corrected chi connectivity index (χ3v) is 5.22. The lowest BCUT2D eigenvalue weighted by Gasteiger charge is -2.18. The zero-order chi connectivity index (χ0) is 24.8. The highest BCUT2D eigenvalue weighted by molar-refractivity contribution is 5.92. The molecule has 0 saturated carbocycles. The van der Waals surface area contributed by atoms with Gasteiger partial charge in [0, 0.05) is 19.2 Å². The molecule has 0 unspecified atom stereocenters. The highest BCUT2D eigenvalue weighted by Crippen LogP contribution is 2.22. The number of nitrogens with zero attached hydrogens (tertiary/aromatic N) is 2. The second-order valence-electron chi connectivity index (χ2n) is 7.87. The van der Waals surface area contributed by atoms with Crippen molar-refractivity contribution in [3.05, 3.63) is 53.8 Å². The largest absolute Gasteiger partial charge is 0.487 e. The van der Waals surface area contributed by atoms with Gasteiger partial charge in [0.2, 0.25) is 5.76 Å². The van der Waals surface area contributed by atoms with Crippen LogP contribution < -0.4 is 10.2 Å². The van der Waals surface area contributed by atoms with Crippen LogP contribution in [0.1, 0.15) is 58.4 Å². The Morgan fingerprint density at radius 2 is 1.65 bits per heavy atom. The molecule has 184 valence electrons. The summed E-state index contributed by atoms with van der Waals surface area (Å²) in [7, 11) is 1.72. The molecule has 0 bridgehead atoms. The standard InChI is InChI=1S/C27H37N3O4/c1-5-8-9-10-11-19-28-27(32)30(4)25-14-12-13-23(29-25)22-17-15-21(16-18-22)20-24(33-6-2)26(31)34-7-3/h12-18,20H,5-11,19H2,1-4H3,(H,28,32). The van der Waals surface area contributed by atoms with Crippen molar-refractivity contribution in [2.24, 2.45) is 0 Å². The second-order valence-corrected chi connectivity index (χ2v) is 7.87. The lowest BCUT2D eigenvalue weighted by Crippen LogP contribution is -2.38. The Labute approximate surface area is 203 Å². The number of hydrogen-bond donors (Lipinski definition) is 1. The fourth-order valence-corrected chi connectivity index (χ4v) is 3.34. The van der Waals surface area contributed by atoms with Crippen LogP contribution in [0.2, 0.25) is 0 Å². The number of pyridine rings is 1. The van der Waals surface area contributed by atoms with E-state index in [4.69, 9.17) is 9.47 Å². The average Bonchev–Trinajstić information content (AvgIpc) is 2.86. The van der Waals surface area contributed by atoms with Crippen molar-refractivity contribution >= 4 is 23.9 Å². The molecule has 0 aliphatic carbocycles. The zero-order valence-electron chi connectivity index (χ0n) is 20.8. The van der Waals surface area contributed by atoms with Gasteiger partial charge in [-0.25, -0.2) is 14.6 Å². The van der Waals surface area contributed by atoms with Crippen LogP contribution in [0, 0.1) is 0 Å². The Bertz CT molecular complexity index is 941. The van der Waals surface area contributed by atoms with E-state index < -0.39 is 5.97 Å². The zero-order valence-corrected chi connectivity index (χ0v) is 20.8. The van der Waals surface area contributed by atoms with Crippen LogP contribution in [-0.4, -0.2) is 43.8 Å². The first-order valence-corrected chi connectivity index (χ1v) is 12.1. The van der Waals surface area contributed by atoms with Gasteiger partial charge in [0.1, 0.15) is 5.82 Å². The molecule has 1 N–H and O–H groups in total. The summed E-state index contributed by atoms with van der Waals surface area (Å²) in [6, 6.07) is 13.0. The van der Waals surface area contributed by atoms with Gasteiger partial charge in [-0.1, -0.05) is 62.9 Å². The van der Waals surface area contributed by atoms with Gasteiger partial charge >= 0.3 is 12.0 Å². The summed E-state index contributed by atoms with van der Waals surface area (Å²) in [5, 5.41) is 2.96. The summed E-state index contributed by atoms with van der Waals surface area (Å²) in [6.45, 7) is 7.09. The predicted molar refractivity (Wildman–Crippen MR) is 136 cm³/mol. The van der Waals surface area contributed by atoms with E-state index in [9.17, 15) is 9.59 Å². The van der Waals surface area contributed by atoms with E-state index in [1.165, 1.54) is 24.2 Å². The number of nitrogens with one attached hydrogen (secondary N) is 1. The van der Waals surface area contributed by atoms with Crippen LogP contribution in [-0.2, 0) is 14.3 Å². The topological polar surface area (TPSA) is 80.8 Å². The quantitative estimate of drug-likeness (QED) is 0.174. The van der Waals surface area contributed by atoms with Crippen LogP contribution in [0.15, 0.2) is 48.2 Å². The number of hydrogen-bond acceptors (Lipinski definition) is 5. The van der Waals surface area contributed by atoms with E-state index >= 15 is 0 Å². The molecule has 2 amide bonds. The van der Waals surface area contributed by atoms with E-state index in [-0.39, 0.29) is 18.4 Å². The van der Waals surface area contributed by atoms with E-state index in [2.05, 4.69) is 17.2 Å². The molecule has 2 aromatic rings. The molecule has 7 nitrogen and oxygen atoms in total. The Kier molecular flexibility index (Phi) is 11.7. The van der Waals surface area contributed by atoms with E-state index in [1.807, 2.05) is 49.4 Å². The first-order chi connectivity index (χ1) is 16.5. The maximum absolute atomic E-state index is 12.5. The summed E-state index contributed by atoms with van der Waals surface area (Å²) < 4.78 is 10.5. The summed E-state index contributed by atoms with van der Waals surface area (Å²) in [5.74, 6) is 0.270. The number of unbranched alkanes of at least 4 members (excludes halogenated alkanes) is 4. The monoisotopic (exact) mass is 467 g/mol. The molecule has 0 aliphatic heterocycles. The van der Waals surface area contributed by atoms with Crippen LogP contribution in [0.3, 0.4) is 0 Å². The van der Waals surface area contributed by atoms with Crippen LogP contribution in [0.5, 0.6) is 0 Å². The lowest BCUT2D eigenvalue weighted by atomic mass is 10.1. The highest BCUT2D eigenvalue weighted by Gasteiger charge is 2.13. The fourth-order valence-electron chi connectivity index (χ4n) is 3.34. The van der Waals surface area contributed by atoms with Gasteiger partial charge in [-0.15, -0.1) is 0 Å². The van der Waals surface area contributed by atoms with E-state index in [0.29, 0.717) is 19.0 Å². The van der Waals surface area contributed by atoms with Crippen LogP contribution in [0.25, 0.3) is 17.3 Å². The molecule has 0 radical (unpaired) electrons. The third kappa shape index (κ3) is 8.54. The van der Waals surface area contributed by atoms with Crippen LogP contribution >= 0.6 is 0 Å². The highest BCUT2D eigenvalue weighted by atomic mass is 16.6. The van der Waals surface area contributed by atoms with Crippen molar-refractivity contribution < 1.29 is 19.1 Å². The minimum atomic E-state index is -0.481. The molecule has 0 atom stereocenters. The molecular weight excluding hydrogens is 430 g/mol. The fraction of sp³-hybridized carbons (Fsp3) is 0.444. The molecule has 7 heteroatoms. The smallest absolute Gasteiger partial charge is 0.373 e. The van der Waals surface area contributed by atoms with E-state index in [0.717, 1.165) is 29.7 Å². The number of esters is 1. The van der Waals surface area contributed by atoms with Crippen molar-refractivity contribution in [2.75, 3.05) is 31.7 Å². The number of carbonyl (C=O) groups is 2. The normalized spacial score (nSPS) is 11.1. The van der Waals surface area contributed by atoms with Crippen molar-refractivity contribution in [2.45, 2.75) is 52.9 Å². The maximum atomic E-state index is 12.5. The predicted octanol–water partition coefficient (Wildman–Crippen LogP) is 5.81. The SMILES string of the molecule is CCCCCCCNC(=O)N(C)c1cccc(-c2ccc(C=C(OCC)C(=O)OCC)cc2)n1. The number of carbonyl (C=O) groups excluding carboxylic acids is 2. The summed E-state index contributed by atoms with van der Waals surface area (Å²) in [6.07, 6.45) is 7.42. The average molecular weight is 468 g/mol. The molecule has 34 heavy (non-hydrogen) atoms. The Hall–Kier alpha value is -3.35. The molecule has 1 aromatic heterocycles. The second kappa shape index (κ2) is 14.7. The van der Waals surface area contributed by atoms with Gasteiger partial charge in [-0.3, -0.25) is 4.90 Å². The number of amides is 2. The molecule has 0 spiro atoms. The number of aromatic nitrogens is 1. The number of rotatable bonds is 13. The molecule has 2 rings (SSSR count). The van der Waals surface area contributed by atoms with Gasteiger partial charge in [-0.2, -0.15) is 0 Å². The van der Waals surface area contributed by atoms with Crippen molar-refractivity contribution in [3.63, 3.8) is 0 Å². The van der Waals surface area contributed by atoms with Gasteiger partial charge in [0.05, 0.1) is 18.9 Å². The number of anilines is 1. The molecule has 0 fully saturated rings. The molecule has 1 aromatic carbocycles. The minimum absolute atomic E-state index is 0.164. The lowest BCUT2D eigenvalue weighted by molar-refractivity contribution is -0.142. The first kappa shape index (κ1) is 26.9. The number of ether oxygens (including phenoxy) is 2. The van der Waals surface area contributed by atoms with Crippen molar-refractivity contribution in [3.8, 4) is 11.3 Å². The van der Waals surface area contributed by atoms with Gasteiger partial charge in [0.25, 0.3) is 0 Å². The maximum Gasteiger partial charge on any atom is 0.373 e. The molecular formula is C27H37N3O4. The summed E-state index contributed by atoms with van der Waals surface area (Å²) in [4.78, 5) is 30.7. The van der Waals surface area contributed by atoms with Crippen LogP contribution in [0.4, 0.5) is 10.6 Å². The Morgan fingerprint density at radius 3 is 2.32 bits per heavy atom. The van der Waals surface area contributed by atoms with Crippen molar-refractivity contribution in [1.82, 2.24) is 10.3 Å². The molecule has 0 aliphatic rings. The summed E-state index contributed by atoms with van der Waals surface area (Å²) in [5.41, 5.74) is 2.47. The summed E-state index contributed by atoms with van der Waals surface area (Å²) >= 11 is 0. The number of urea groups is 1. The Balaban J connectivity index is 2.05. The minimum Gasteiger partial charge on any atom is -0.487 e. The Morgan fingerprint density at radius 1 is 0.941 bits per heavy atom. The third-order valence-electron chi connectivity index (χ3n) is 5.22. The first-order valence-electron chi connectivity index (χ1n) is 12.1. The number of benzene rings is 1.